The van der Waals surface area contributed by atoms with E-state index < -0.39 is 11.1 Å². The molecule has 0 aliphatic rings. The normalized spacial score (nSPS) is 11.8. The van der Waals surface area contributed by atoms with E-state index in [-0.39, 0.29) is 17.5 Å². The van der Waals surface area contributed by atoms with Crippen molar-refractivity contribution in [2.24, 2.45) is 0 Å². The highest BCUT2D eigenvalue weighted by molar-refractivity contribution is 5.64. The molecule has 1 rings (SSSR count). The lowest BCUT2D eigenvalue weighted by Gasteiger charge is -2.13. The number of ether oxygens (including phenoxy) is 2. The molecule has 1 aromatic carbocycles. The van der Waals surface area contributed by atoms with Gasteiger partial charge in [0.05, 0.1) is 4.92 Å². The van der Waals surface area contributed by atoms with Crippen LogP contribution in [0.3, 0.4) is 0 Å². The first-order chi connectivity index (χ1) is 10.4. The van der Waals surface area contributed by atoms with E-state index in [1.54, 1.807) is 6.92 Å². The smallest absolute Gasteiger partial charge is 0.431 e. The molecule has 0 heterocycles. The highest BCUT2D eigenvalue weighted by atomic mass is 16.7. The summed E-state index contributed by atoms with van der Waals surface area (Å²) in [5.41, 5.74) is 0.424. The molecular formula is C16H23NO5. The van der Waals surface area contributed by atoms with Gasteiger partial charge in [-0.1, -0.05) is 26.2 Å². The van der Waals surface area contributed by atoms with Gasteiger partial charge in [0, 0.05) is 11.6 Å². The first-order valence-corrected chi connectivity index (χ1v) is 7.57. The lowest BCUT2D eigenvalue weighted by molar-refractivity contribution is -0.385. The lowest BCUT2D eigenvalue weighted by atomic mass is 10.1. The summed E-state index contributed by atoms with van der Waals surface area (Å²) in [6, 6.07) is 4.15. The number of nitrogens with zero attached hydrogens (tertiary/aromatic N) is 1. The average Bonchev–Trinajstić information content (AvgIpc) is 2.43. The molecule has 0 aliphatic carbocycles. The predicted molar refractivity (Wildman–Crippen MR) is 83.2 cm³/mol. The molecule has 1 aromatic rings. The SMILES string of the molecule is CCCCCCC(C)OC(=O)Oc1ccc([N+](=O)[O-])c(C)c1. The molecule has 0 aliphatic heterocycles. The highest BCUT2D eigenvalue weighted by Gasteiger charge is 2.15. The van der Waals surface area contributed by atoms with Crippen LogP contribution in [0.15, 0.2) is 18.2 Å². The number of carbonyl (C=O) groups is 1. The Morgan fingerprint density at radius 2 is 2.05 bits per heavy atom. The molecule has 0 bridgehead atoms. The standard InChI is InChI=1S/C16H23NO5/c1-4-5-6-7-8-13(3)21-16(18)22-14-9-10-15(17(19)20)12(2)11-14/h9-11,13H,4-8H2,1-3H3. The largest absolute Gasteiger partial charge is 0.514 e. The number of nitro groups is 1. The van der Waals surface area contributed by atoms with Crippen LogP contribution in [0.4, 0.5) is 10.5 Å². The molecule has 0 radical (unpaired) electrons. The van der Waals surface area contributed by atoms with Crippen molar-refractivity contribution in [3.63, 3.8) is 0 Å². The number of rotatable bonds is 8. The van der Waals surface area contributed by atoms with Crippen LogP contribution in [-0.2, 0) is 4.74 Å². The van der Waals surface area contributed by atoms with Crippen LogP contribution in [0.1, 0.15) is 51.5 Å². The Bertz CT molecular complexity index is 515. The number of unbranched alkanes of at least 4 members (excludes halogenated alkanes) is 3. The Kier molecular flexibility index (Phi) is 7.36. The van der Waals surface area contributed by atoms with Crippen molar-refractivity contribution >= 4 is 11.8 Å². The second kappa shape index (κ2) is 9.02. The third-order valence-corrected chi connectivity index (χ3v) is 3.33. The van der Waals surface area contributed by atoms with Gasteiger partial charge >= 0.3 is 6.16 Å². The molecule has 22 heavy (non-hydrogen) atoms. The molecule has 0 saturated heterocycles. The first-order valence-electron chi connectivity index (χ1n) is 7.57. The molecule has 0 fully saturated rings. The molecule has 6 nitrogen and oxygen atoms in total. The van der Waals surface area contributed by atoms with Gasteiger partial charge in [-0.05, 0) is 38.8 Å². The average molecular weight is 309 g/mol. The lowest BCUT2D eigenvalue weighted by Crippen LogP contribution is -2.18. The zero-order chi connectivity index (χ0) is 16.5. The molecule has 0 N–H and O–H groups in total. The number of aryl methyl sites for hydroxylation is 1. The first kappa shape index (κ1) is 17.9. The molecular weight excluding hydrogens is 286 g/mol. The van der Waals surface area contributed by atoms with E-state index in [9.17, 15) is 14.9 Å². The van der Waals surface area contributed by atoms with Crippen molar-refractivity contribution in [3.8, 4) is 5.75 Å². The fraction of sp³-hybridized carbons (Fsp3) is 0.562. The van der Waals surface area contributed by atoms with Crippen molar-refractivity contribution in [1.82, 2.24) is 0 Å². The second-order valence-corrected chi connectivity index (χ2v) is 5.34. The minimum Gasteiger partial charge on any atom is -0.431 e. The molecule has 0 aromatic heterocycles. The second-order valence-electron chi connectivity index (χ2n) is 5.34. The monoisotopic (exact) mass is 309 g/mol. The number of hydrogen-bond acceptors (Lipinski definition) is 5. The Morgan fingerprint density at radius 1 is 1.32 bits per heavy atom. The van der Waals surface area contributed by atoms with E-state index in [1.807, 2.05) is 6.92 Å². The van der Waals surface area contributed by atoms with E-state index in [0.717, 1.165) is 25.7 Å². The summed E-state index contributed by atoms with van der Waals surface area (Å²) in [5.74, 6) is 0.242. The van der Waals surface area contributed by atoms with Crippen molar-refractivity contribution in [3.05, 3.63) is 33.9 Å². The van der Waals surface area contributed by atoms with Gasteiger partial charge in [0.2, 0.25) is 0 Å². The van der Waals surface area contributed by atoms with Crippen molar-refractivity contribution in [1.29, 1.82) is 0 Å². The Labute approximate surface area is 130 Å². The zero-order valence-electron chi connectivity index (χ0n) is 13.3. The summed E-state index contributed by atoms with van der Waals surface area (Å²) < 4.78 is 10.2. The maximum atomic E-state index is 11.7. The van der Waals surface area contributed by atoms with Crippen LogP contribution in [-0.4, -0.2) is 17.2 Å². The summed E-state index contributed by atoms with van der Waals surface area (Å²) in [7, 11) is 0. The quantitative estimate of drug-likeness (QED) is 0.227. The van der Waals surface area contributed by atoms with Crippen LogP contribution >= 0.6 is 0 Å². The zero-order valence-corrected chi connectivity index (χ0v) is 13.3. The summed E-state index contributed by atoms with van der Waals surface area (Å²) in [5, 5.41) is 10.7. The topological polar surface area (TPSA) is 78.7 Å². The van der Waals surface area contributed by atoms with Gasteiger partial charge < -0.3 is 9.47 Å². The predicted octanol–water partition coefficient (Wildman–Crippen LogP) is 4.78. The maximum absolute atomic E-state index is 11.7. The van der Waals surface area contributed by atoms with Gasteiger partial charge in [-0.2, -0.15) is 0 Å². The van der Waals surface area contributed by atoms with Gasteiger partial charge in [0.1, 0.15) is 11.9 Å². The molecule has 0 spiro atoms. The van der Waals surface area contributed by atoms with Gasteiger partial charge in [-0.15, -0.1) is 0 Å². The van der Waals surface area contributed by atoms with Crippen molar-refractivity contribution in [2.75, 3.05) is 0 Å². The summed E-state index contributed by atoms with van der Waals surface area (Å²) >= 11 is 0. The number of benzene rings is 1. The molecule has 6 heteroatoms. The fourth-order valence-electron chi connectivity index (χ4n) is 2.10. The van der Waals surface area contributed by atoms with Gasteiger partial charge in [-0.25, -0.2) is 4.79 Å². The third kappa shape index (κ3) is 6.11. The molecule has 0 saturated carbocycles. The molecule has 1 atom stereocenters. The van der Waals surface area contributed by atoms with Crippen LogP contribution in [0.5, 0.6) is 5.75 Å². The summed E-state index contributed by atoms with van der Waals surface area (Å²) in [6.07, 6.45) is 4.30. The number of carbonyl (C=O) groups excluding carboxylic acids is 1. The van der Waals surface area contributed by atoms with Gasteiger partial charge in [-0.3, -0.25) is 10.1 Å². The van der Waals surface area contributed by atoms with E-state index in [4.69, 9.17) is 9.47 Å². The van der Waals surface area contributed by atoms with Gasteiger partial charge in [0.15, 0.2) is 0 Å². The summed E-state index contributed by atoms with van der Waals surface area (Å²) in [4.78, 5) is 21.9. The minimum absolute atomic E-state index is 0.00925. The Balaban J connectivity index is 2.44. The van der Waals surface area contributed by atoms with Crippen LogP contribution < -0.4 is 4.74 Å². The van der Waals surface area contributed by atoms with Crippen LogP contribution in [0.25, 0.3) is 0 Å². The van der Waals surface area contributed by atoms with E-state index in [1.165, 1.54) is 24.6 Å². The number of nitro benzene ring substituents is 1. The van der Waals surface area contributed by atoms with Crippen LogP contribution in [0.2, 0.25) is 0 Å². The summed E-state index contributed by atoms with van der Waals surface area (Å²) in [6.45, 7) is 5.56. The fourth-order valence-corrected chi connectivity index (χ4v) is 2.10. The van der Waals surface area contributed by atoms with Crippen molar-refractivity contribution < 1.29 is 19.2 Å². The number of hydrogen-bond donors (Lipinski definition) is 0. The molecule has 122 valence electrons. The molecule has 1 unspecified atom stereocenters. The third-order valence-electron chi connectivity index (χ3n) is 3.33. The van der Waals surface area contributed by atoms with Crippen LogP contribution in [0, 0.1) is 17.0 Å². The minimum atomic E-state index is -0.781. The highest BCUT2D eigenvalue weighted by Crippen LogP contribution is 2.23. The van der Waals surface area contributed by atoms with E-state index in [2.05, 4.69) is 6.92 Å². The Hall–Kier alpha value is -2.11. The maximum Gasteiger partial charge on any atom is 0.514 e. The van der Waals surface area contributed by atoms with Crippen molar-refractivity contribution in [2.45, 2.75) is 59.0 Å². The Morgan fingerprint density at radius 3 is 2.64 bits per heavy atom. The van der Waals surface area contributed by atoms with E-state index >= 15 is 0 Å². The van der Waals surface area contributed by atoms with E-state index in [0.29, 0.717) is 5.56 Å². The van der Waals surface area contributed by atoms with Gasteiger partial charge in [0.25, 0.3) is 5.69 Å². The molecule has 0 amide bonds.